The molecule has 0 saturated carbocycles. The molecule has 1 N–H and O–H groups in total. The lowest BCUT2D eigenvalue weighted by atomic mass is 9.92. The van der Waals surface area contributed by atoms with E-state index in [1.807, 2.05) is 6.33 Å². The molecule has 1 aliphatic heterocycles. The summed E-state index contributed by atoms with van der Waals surface area (Å²) in [5.41, 5.74) is 2.76. The summed E-state index contributed by atoms with van der Waals surface area (Å²) in [4.78, 5) is 4.45. The fourth-order valence-corrected chi connectivity index (χ4v) is 2.38. The Morgan fingerprint density at radius 3 is 2.86 bits per heavy atom. The van der Waals surface area contributed by atoms with Gasteiger partial charge in [-0.05, 0) is 32.4 Å². The topological polar surface area (TPSA) is 29.9 Å². The zero-order valence-electron chi connectivity index (χ0n) is 9.08. The molecule has 2 rings (SSSR count). The third-order valence-corrected chi connectivity index (χ3v) is 3.12. The largest absolute Gasteiger partial charge is 0.337 e. The molecule has 1 saturated heterocycles. The van der Waals surface area contributed by atoms with Crippen LogP contribution in [0.25, 0.3) is 0 Å². The smallest absolute Gasteiger partial charge is 0.0949 e. The van der Waals surface area contributed by atoms with Gasteiger partial charge in [-0.1, -0.05) is 6.92 Å². The van der Waals surface area contributed by atoms with Crippen molar-refractivity contribution in [2.24, 2.45) is 7.05 Å². The van der Waals surface area contributed by atoms with Crippen LogP contribution in [0, 0.1) is 0 Å². The zero-order valence-corrected chi connectivity index (χ0v) is 9.08. The van der Waals surface area contributed by atoms with E-state index in [1.54, 1.807) is 0 Å². The maximum Gasteiger partial charge on any atom is 0.0949 e. The number of nitrogens with one attached hydrogen (secondary N) is 1. The van der Waals surface area contributed by atoms with E-state index in [1.165, 1.54) is 24.2 Å². The van der Waals surface area contributed by atoms with Crippen molar-refractivity contribution in [3.05, 3.63) is 17.7 Å². The highest BCUT2D eigenvalue weighted by atomic mass is 15.0. The lowest BCUT2D eigenvalue weighted by Crippen LogP contribution is -2.27. The molecule has 0 bridgehead atoms. The van der Waals surface area contributed by atoms with Crippen molar-refractivity contribution < 1.29 is 0 Å². The van der Waals surface area contributed by atoms with Gasteiger partial charge in [0.2, 0.25) is 0 Å². The summed E-state index contributed by atoms with van der Waals surface area (Å²) in [5.74, 6) is 0.721. The molecule has 2 heterocycles. The standard InChI is InChI=1S/C11H19N3/c1-3-10-11(14(2)8-13-10)9-4-6-12-7-5-9/h8-9,12H,3-7H2,1-2H3. The first-order chi connectivity index (χ1) is 6.83. The predicted molar refractivity (Wildman–Crippen MR) is 57.4 cm³/mol. The summed E-state index contributed by atoms with van der Waals surface area (Å²) in [7, 11) is 2.11. The van der Waals surface area contributed by atoms with Crippen LogP contribution >= 0.6 is 0 Å². The Bertz CT molecular complexity index is 297. The molecule has 0 radical (unpaired) electrons. The molecule has 0 spiro atoms. The fraction of sp³-hybridized carbons (Fsp3) is 0.727. The Hall–Kier alpha value is -0.830. The summed E-state index contributed by atoms with van der Waals surface area (Å²) in [6.45, 7) is 4.49. The molecular formula is C11H19N3. The van der Waals surface area contributed by atoms with E-state index in [9.17, 15) is 0 Å². The average Bonchev–Trinajstić information content (AvgIpc) is 2.61. The van der Waals surface area contributed by atoms with Crippen molar-refractivity contribution in [2.45, 2.75) is 32.1 Å². The number of rotatable bonds is 2. The van der Waals surface area contributed by atoms with Crippen LogP contribution in [0.15, 0.2) is 6.33 Å². The van der Waals surface area contributed by atoms with Gasteiger partial charge < -0.3 is 9.88 Å². The molecule has 1 aromatic rings. The summed E-state index contributed by atoms with van der Waals surface area (Å²) in [5, 5.41) is 3.40. The van der Waals surface area contributed by atoms with Gasteiger partial charge >= 0.3 is 0 Å². The minimum Gasteiger partial charge on any atom is -0.337 e. The fourth-order valence-electron chi connectivity index (χ4n) is 2.38. The molecule has 0 aromatic carbocycles. The molecule has 3 heteroatoms. The number of hydrogen-bond acceptors (Lipinski definition) is 2. The zero-order chi connectivity index (χ0) is 9.97. The van der Waals surface area contributed by atoms with Crippen molar-refractivity contribution >= 4 is 0 Å². The number of hydrogen-bond donors (Lipinski definition) is 1. The Morgan fingerprint density at radius 2 is 2.21 bits per heavy atom. The SMILES string of the molecule is CCc1ncn(C)c1C1CCNCC1. The van der Waals surface area contributed by atoms with E-state index >= 15 is 0 Å². The Kier molecular flexibility index (Phi) is 2.87. The Balaban J connectivity index is 2.23. The molecule has 0 amide bonds. The third kappa shape index (κ3) is 1.69. The minimum absolute atomic E-state index is 0.721. The van der Waals surface area contributed by atoms with E-state index in [4.69, 9.17) is 0 Å². The first kappa shape index (κ1) is 9.71. The summed E-state index contributed by atoms with van der Waals surface area (Å²) in [6, 6.07) is 0. The monoisotopic (exact) mass is 193 g/mol. The van der Waals surface area contributed by atoms with Crippen LogP contribution in [0.5, 0.6) is 0 Å². The van der Waals surface area contributed by atoms with Gasteiger partial charge in [-0.25, -0.2) is 4.98 Å². The molecule has 0 atom stereocenters. The molecule has 1 aliphatic rings. The van der Waals surface area contributed by atoms with E-state index < -0.39 is 0 Å². The van der Waals surface area contributed by atoms with Crippen molar-refractivity contribution in [3.8, 4) is 0 Å². The van der Waals surface area contributed by atoms with Gasteiger partial charge in [-0.2, -0.15) is 0 Å². The molecule has 0 unspecified atom stereocenters. The first-order valence-electron chi connectivity index (χ1n) is 5.53. The number of nitrogens with zero attached hydrogens (tertiary/aromatic N) is 2. The van der Waals surface area contributed by atoms with Crippen LogP contribution in [-0.4, -0.2) is 22.6 Å². The maximum absolute atomic E-state index is 4.45. The molecule has 14 heavy (non-hydrogen) atoms. The Morgan fingerprint density at radius 1 is 1.50 bits per heavy atom. The van der Waals surface area contributed by atoms with Gasteiger partial charge in [0.15, 0.2) is 0 Å². The summed E-state index contributed by atoms with van der Waals surface area (Å²) >= 11 is 0. The summed E-state index contributed by atoms with van der Waals surface area (Å²) < 4.78 is 2.20. The average molecular weight is 193 g/mol. The summed E-state index contributed by atoms with van der Waals surface area (Å²) in [6.07, 6.45) is 5.52. The molecule has 3 nitrogen and oxygen atoms in total. The lowest BCUT2D eigenvalue weighted by Gasteiger charge is -2.23. The van der Waals surface area contributed by atoms with Crippen molar-refractivity contribution in [1.29, 1.82) is 0 Å². The Labute approximate surface area is 85.5 Å². The van der Waals surface area contributed by atoms with Crippen LogP contribution in [0.1, 0.15) is 37.1 Å². The minimum atomic E-state index is 0.721. The highest BCUT2D eigenvalue weighted by molar-refractivity contribution is 5.18. The first-order valence-corrected chi connectivity index (χ1v) is 5.53. The van der Waals surface area contributed by atoms with E-state index in [-0.39, 0.29) is 0 Å². The van der Waals surface area contributed by atoms with Gasteiger partial charge in [0.25, 0.3) is 0 Å². The second kappa shape index (κ2) is 4.13. The normalized spacial score (nSPS) is 18.7. The molecular weight excluding hydrogens is 174 g/mol. The van der Waals surface area contributed by atoms with Gasteiger partial charge in [-0.15, -0.1) is 0 Å². The molecule has 1 aromatic heterocycles. The van der Waals surface area contributed by atoms with E-state index in [0.717, 1.165) is 25.4 Å². The van der Waals surface area contributed by atoms with Crippen molar-refractivity contribution in [1.82, 2.24) is 14.9 Å². The van der Waals surface area contributed by atoms with Gasteiger partial charge in [0, 0.05) is 18.7 Å². The van der Waals surface area contributed by atoms with Crippen LogP contribution < -0.4 is 5.32 Å². The van der Waals surface area contributed by atoms with Gasteiger partial charge in [0.05, 0.1) is 12.0 Å². The maximum atomic E-state index is 4.45. The van der Waals surface area contributed by atoms with E-state index in [2.05, 4.69) is 28.8 Å². The molecule has 78 valence electrons. The highest BCUT2D eigenvalue weighted by Gasteiger charge is 2.20. The van der Waals surface area contributed by atoms with Gasteiger partial charge in [0.1, 0.15) is 0 Å². The van der Waals surface area contributed by atoms with Gasteiger partial charge in [-0.3, -0.25) is 0 Å². The molecule has 0 aliphatic carbocycles. The van der Waals surface area contributed by atoms with Crippen LogP contribution in [-0.2, 0) is 13.5 Å². The van der Waals surface area contributed by atoms with Crippen LogP contribution in [0.2, 0.25) is 0 Å². The van der Waals surface area contributed by atoms with Crippen molar-refractivity contribution in [3.63, 3.8) is 0 Å². The lowest BCUT2D eigenvalue weighted by molar-refractivity contribution is 0.443. The second-order valence-electron chi connectivity index (χ2n) is 4.07. The number of aryl methyl sites for hydroxylation is 2. The number of aromatic nitrogens is 2. The number of piperidine rings is 1. The molecule has 1 fully saturated rings. The van der Waals surface area contributed by atoms with Crippen LogP contribution in [0.4, 0.5) is 0 Å². The highest BCUT2D eigenvalue weighted by Crippen LogP contribution is 2.27. The van der Waals surface area contributed by atoms with E-state index in [0.29, 0.717) is 0 Å². The number of imidazole rings is 1. The van der Waals surface area contributed by atoms with Crippen molar-refractivity contribution in [2.75, 3.05) is 13.1 Å². The third-order valence-electron chi connectivity index (χ3n) is 3.12. The quantitative estimate of drug-likeness (QED) is 0.770. The van der Waals surface area contributed by atoms with Crippen LogP contribution in [0.3, 0.4) is 0 Å². The second-order valence-corrected chi connectivity index (χ2v) is 4.07. The predicted octanol–water partition coefficient (Wildman–Crippen LogP) is 1.45.